The fraction of sp³-hybridized carbons (Fsp3) is 0.538. The number of rotatable bonds is 5. The summed E-state index contributed by atoms with van der Waals surface area (Å²) in [4.78, 5) is 14.2. The Bertz CT molecular complexity index is 448. The second-order valence-electron chi connectivity index (χ2n) is 4.53. The number of hydrogen-bond acceptors (Lipinski definition) is 3. The first-order valence-electron chi connectivity index (χ1n) is 6.17. The van der Waals surface area contributed by atoms with Gasteiger partial charge in [0.05, 0.1) is 11.4 Å². The van der Waals surface area contributed by atoms with Crippen LogP contribution in [0.4, 0.5) is 5.69 Å². The average Bonchev–Trinajstić information content (AvgIpc) is 2.60. The van der Waals surface area contributed by atoms with Crippen LogP contribution in [0.3, 0.4) is 0 Å². The average molecular weight is 250 g/mol. The van der Waals surface area contributed by atoms with E-state index in [0.29, 0.717) is 17.9 Å². The standard InChI is InChI=1S/C13H22N4O/c1-6-8-17(9(3)4)13(18)12-11(14)10(7-2)15-16(12)5/h6,9H,1,7-8,14H2,2-5H3. The van der Waals surface area contributed by atoms with Crippen LogP contribution in [0.15, 0.2) is 12.7 Å². The maximum atomic E-state index is 12.5. The minimum Gasteiger partial charge on any atom is -0.395 e. The molecule has 0 bridgehead atoms. The molecule has 0 saturated heterocycles. The Morgan fingerprint density at radius 1 is 1.61 bits per heavy atom. The van der Waals surface area contributed by atoms with Crippen molar-refractivity contribution in [2.75, 3.05) is 12.3 Å². The molecule has 0 radical (unpaired) electrons. The van der Waals surface area contributed by atoms with Crippen molar-refractivity contribution in [1.82, 2.24) is 14.7 Å². The molecular weight excluding hydrogens is 228 g/mol. The van der Waals surface area contributed by atoms with Gasteiger partial charge in [-0.25, -0.2) is 0 Å². The molecule has 0 aromatic carbocycles. The zero-order chi connectivity index (χ0) is 13.9. The van der Waals surface area contributed by atoms with E-state index in [-0.39, 0.29) is 11.9 Å². The Morgan fingerprint density at radius 3 is 2.61 bits per heavy atom. The van der Waals surface area contributed by atoms with Gasteiger partial charge in [0.1, 0.15) is 5.69 Å². The van der Waals surface area contributed by atoms with Crippen LogP contribution in [0, 0.1) is 0 Å². The van der Waals surface area contributed by atoms with Gasteiger partial charge in [0.25, 0.3) is 5.91 Å². The maximum Gasteiger partial charge on any atom is 0.274 e. The smallest absolute Gasteiger partial charge is 0.274 e. The second kappa shape index (κ2) is 5.71. The minimum absolute atomic E-state index is 0.0925. The fourth-order valence-corrected chi connectivity index (χ4v) is 1.91. The lowest BCUT2D eigenvalue weighted by atomic mass is 10.2. The highest BCUT2D eigenvalue weighted by atomic mass is 16.2. The fourth-order valence-electron chi connectivity index (χ4n) is 1.91. The van der Waals surface area contributed by atoms with Crippen molar-refractivity contribution >= 4 is 11.6 Å². The number of hydrogen-bond donors (Lipinski definition) is 1. The molecule has 2 N–H and O–H groups in total. The van der Waals surface area contributed by atoms with Crippen LogP contribution in [-0.2, 0) is 13.5 Å². The number of carbonyl (C=O) groups is 1. The van der Waals surface area contributed by atoms with Crippen molar-refractivity contribution in [1.29, 1.82) is 0 Å². The third-order valence-corrected chi connectivity index (χ3v) is 2.91. The zero-order valence-corrected chi connectivity index (χ0v) is 11.6. The molecule has 1 amide bonds. The minimum atomic E-state index is -0.0999. The molecule has 0 aliphatic rings. The largest absolute Gasteiger partial charge is 0.395 e. The molecule has 0 aliphatic carbocycles. The SMILES string of the molecule is C=CCN(C(=O)c1c(N)c(CC)nn1C)C(C)C. The van der Waals surface area contributed by atoms with E-state index in [9.17, 15) is 4.79 Å². The molecule has 0 unspecified atom stereocenters. The summed E-state index contributed by atoms with van der Waals surface area (Å²) < 4.78 is 1.56. The van der Waals surface area contributed by atoms with Gasteiger partial charge in [-0.3, -0.25) is 9.48 Å². The van der Waals surface area contributed by atoms with E-state index in [0.717, 1.165) is 12.1 Å². The van der Waals surface area contributed by atoms with Crippen molar-refractivity contribution in [2.45, 2.75) is 33.2 Å². The molecular formula is C13H22N4O. The van der Waals surface area contributed by atoms with Crippen LogP contribution in [-0.4, -0.2) is 33.2 Å². The van der Waals surface area contributed by atoms with Gasteiger partial charge in [-0.15, -0.1) is 6.58 Å². The predicted octanol–water partition coefficient (Wildman–Crippen LogP) is 1.60. The monoisotopic (exact) mass is 250 g/mol. The van der Waals surface area contributed by atoms with Crippen molar-refractivity contribution in [3.05, 3.63) is 24.0 Å². The van der Waals surface area contributed by atoms with E-state index in [4.69, 9.17) is 5.73 Å². The third kappa shape index (κ3) is 2.55. The molecule has 0 aliphatic heterocycles. The van der Waals surface area contributed by atoms with Crippen LogP contribution in [0.1, 0.15) is 37.0 Å². The highest BCUT2D eigenvalue weighted by Crippen LogP contribution is 2.19. The lowest BCUT2D eigenvalue weighted by Gasteiger charge is -2.25. The first-order valence-corrected chi connectivity index (χ1v) is 6.17. The Hall–Kier alpha value is -1.78. The van der Waals surface area contributed by atoms with Gasteiger partial charge >= 0.3 is 0 Å². The van der Waals surface area contributed by atoms with Gasteiger partial charge in [0.2, 0.25) is 0 Å². The Labute approximate surface area is 108 Å². The second-order valence-corrected chi connectivity index (χ2v) is 4.53. The molecule has 1 aromatic heterocycles. The number of anilines is 1. The molecule has 0 saturated carbocycles. The number of aryl methyl sites for hydroxylation is 2. The maximum absolute atomic E-state index is 12.5. The Balaban J connectivity index is 3.16. The highest BCUT2D eigenvalue weighted by molar-refractivity contribution is 5.98. The number of carbonyl (C=O) groups excluding carboxylic acids is 1. The van der Waals surface area contributed by atoms with E-state index in [1.165, 1.54) is 0 Å². The number of aromatic nitrogens is 2. The van der Waals surface area contributed by atoms with Crippen molar-refractivity contribution < 1.29 is 4.79 Å². The highest BCUT2D eigenvalue weighted by Gasteiger charge is 2.25. The molecule has 1 heterocycles. The lowest BCUT2D eigenvalue weighted by molar-refractivity contribution is 0.0718. The van der Waals surface area contributed by atoms with E-state index in [1.807, 2.05) is 20.8 Å². The summed E-state index contributed by atoms with van der Waals surface area (Å²) in [6, 6.07) is 0.0925. The summed E-state index contributed by atoms with van der Waals surface area (Å²) >= 11 is 0. The zero-order valence-electron chi connectivity index (χ0n) is 11.6. The van der Waals surface area contributed by atoms with Crippen LogP contribution < -0.4 is 5.73 Å². The van der Waals surface area contributed by atoms with Gasteiger partial charge in [-0.05, 0) is 20.3 Å². The number of nitrogen functional groups attached to an aromatic ring is 1. The van der Waals surface area contributed by atoms with Gasteiger partial charge < -0.3 is 10.6 Å². The summed E-state index contributed by atoms with van der Waals surface area (Å²) in [6.45, 7) is 10.1. The predicted molar refractivity (Wildman–Crippen MR) is 73.4 cm³/mol. The summed E-state index contributed by atoms with van der Waals surface area (Å²) in [5.41, 5.74) is 7.71. The van der Waals surface area contributed by atoms with Crippen LogP contribution in [0.2, 0.25) is 0 Å². The first-order chi connectivity index (χ1) is 8.43. The van der Waals surface area contributed by atoms with Crippen molar-refractivity contribution in [2.24, 2.45) is 7.05 Å². The summed E-state index contributed by atoms with van der Waals surface area (Å²) in [7, 11) is 1.75. The first kappa shape index (κ1) is 14.3. The third-order valence-electron chi connectivity index (χ3n) is 2.91. The van der Waals surface area contributed by atoms with Crippen LogP contribution >= 0.6 is 0 Å². The van der Waals surface area contributed by atoms with Crippen LogP contribution in [0.25, 0.3) is 0 Å². The van der Waals surface area contributed by atoms with E-state index in [2.05, 4.69) is 11.7 Å². The Kier molecular flexibility index (Phi) is 4.53. The Morgan fingerprint density at radius 2 is 2.22 bits per heavy atom. The molecule has 1 rings (SSSR count). The van der Waals surface area contributed by atoms with E-state index >= 15 is 0 Å². The van der Waals surface area contributed by atoms with Gasteiger partial charge in [-0.2, -0.15) is 5.10 Å². The van der Waals surface area contributed by atoms with Gasteiger partial charge in [0.15, 0.2) is 0 Å². The molecule has 18 heavy (non-hydrogen) atoms. The number of nitrogens with zero attached hydrogens (tertiary/aromatic N) is 3. The normalized spacial score (nSPS) is 10.7. The number of nitrogens with two attached hydrogens (primary N) is 1. The van der Waals surface area contributed by atoms with Gasteiger partial charge in [0, 0.05) is 19.6 Å². The molecule has 5 heteroatoms. The summed E-state index contributed by atoms with van der Waals surface area (Å²) in [5, 5.41) is 4.27. The molecule has 100 valence electrons. The summed E-state index contributed by atoms with van der Waals surface area (Å²) in [6.07, 6.45) is 2.43. The van der Waals surface area contributed by atoms with E-state index < -0.39 is 0 Å². The van der Waals surface area contributed by atoms with Crippen LogP contribution in [0.5, 0.6) is 0 Å². The molecule has 0 fully saturated rings. The topological polar surface area (TPSA) is 64.2 Å². The molecule has 0 spiro atoms. The number of amides is 1. The molecule has 0 atom stereocenters. The summed E-state index contributed by atoms with van der Waals surface area (Å²) in [5.74, 6) is -0.0999. The quantitative estimate of drug-likeness (QED) is 0.807. The van der Waals surface area contributed by atoms with Crippen molar-refractivity contribution in [3.8, 4) is 0 Å². The van der Waals surface area contributed by atoms with Gasteiger partial charge in [-0.1, -0.05) is 13.0 Å². The molecule has 1 aromatic rings. The van der Waals surface area contributed by atoms with Crippen molar-refractivity contribution in [3.63, 3.8) is 0 Å². The van der Waals surface area contributed by atoms with E-state index in [1.54, 1.807) is 22.7 Å². The molecule has 5 nitrogen and oxygen atoms in total. The lowest BCUT2D eigenvalue weighted by Crippen LogP contribution is -2.38.